The van der Waals surface area contributed by atoms with E-state index in [1.54, 1.807) is 55.5 Å². The average Bonchev–Trinajstić information content (AvgIpc) is 3.32. The van der Waals surface area contributed by atoms with Crippen LogP contribution in [-0.4, -0.2) is 38.6 Å². The molecule has 0 bridgehead atoms. The first kappa shape index (κ1) is 23.7. The molecule has 2 N–H and O–H groups in total. The van der Waals surface area contributed by atoms with Gasteiger partial charge in [-0.15, -0.1) is 0 Å². The highest BCUT2D eigenvalue weighted by molar-refractivity contribution is 7.92. The van der Waals surface area contributed by atoms with Crippen LogP contribution in [0.5, 0.6) is 11.6 Å². The number of carbonyl (C=O) groups is 1. The van der Waals surface area contributed by atoms with Crippen molar-refractivity contribution in [1.82, 2.24) is 10.3 Å². The highest BCUT2D eigenvalue weighted by Crippen LogP contribution is 2.24. The number of hydrogen-bond acceptors (Lipinski definition) is 6. The third-order valence-electron chi connectivity index (χ3n) is 5.46. The van der Waals surface area contributed by atoms with Gasteiger partial charge >= 0.3 is 0 Å². The van der Waals surface area contributed by atoms with E-state index in [0.29, 0.717) is 35.0 Å². The number of benzene rings is 2. The van der Waals surface area contributed by atoms with Crippen LogP contribution in [0.25, 0.3) is 0 Å². The van der Waals surface area contributed by atoms with Crippen molar-refractivity contribution in [3.05, 3.63) is 77.5 Å². The minimum absolute atomic E-state index is 0.0767. The van der Waals surface area contributed by atoms with E-state index in [1.807, 2.05) is 13.0 Å². The van der Waals surface area contributed by atoms with Crippen molar-refractivity contribution in [3.63, 3.8) is 0 Å². The summed E-state index contributed by atoms with van der Waals surface area (Å²) in [6.07, 6.45) is 3.50. The van der Waals surface area contributed by atoms with E-state index in [2.05, 4.69) is 15.0 Å². The van der Waals surface area contributed by atoms with Crippen molar-refractivity contribution in [2.75, 3.05) is 17.9 Å². The molecule has 8 nitrogen and oxygen atoms in total. The molecule has 1 atom stereocenters. The van der Waals surface area contributed by atoms with Gasteiger partial charge in [-0.3, -0.25) is 9.52 Å². The van der Waals surface area contributed by atoms with Crippen LogP contribution >= 0.6 is 0 Å². The summed E-state index contributed by atoms with van der Waals surface area (Å²) >= 11 is 0. The highest BCUT2D eigenvalue weighted by Gasteiger charge is 2.18. The maximum atomic E-state index is 12.7. The van der Waals surface area contributed by atoms with Gasteiger partial charge in [0.2, 0.25) is 5.88 Å². The number of carbonyl (C=O) groups excluding carboxylic acids is 1. The number of ether oxygens (including phenoxy) is 2. The largest absolute Gasteiger partial charge is 0.439 e. The van der Waals surface area contributed by atoms with Crippen molar-refractivity contribution in [2.45, 2.75) is 37.7 Å². The van der Waals surface area contributed by atoms with Gasteiger partial charge in [-0.25, -0.2) is 13.4 Å². The van der Waals surface area contributed by atoms with Crippen LogP contribution < -0.4 is 14.8 Å². The van der Waals surface area contributed by atoms with Crippen LogP contribution in [0.4, 0.5) is 5.69 Å². The fourth-order valence-corrected chi connectivity index (χ4v) is 5.00. The Bertz CT molecular complexity index is 1250. The van der Waals surface area contributed by atoms with Crippen molar-refractivity contribution >= 4 is 21.6 Å². The first-order valence-corrected chi connectivity index (χ1v) is 12.5. The summed E-state index contributed by atoms with van der Waals surface area (Å²) in [4.78, 5) is 16.7. The van der Waals surface area contributed by atoms with Crippen LogP contribution in [0, 0.1) is 13.8 Å². The summed E-state index contributed by atoms with van der Waals surface area (Å²) < 4.78 is 39.3. The number of nitrogens with zero attached hydrogens (tertiary/aromatic N) is 1. The van der Waals surface area contributed by atoms with Gasteiger partial charge in [0.1, 0.15) is 5.75 Å². The second kappa shape index (κ2) is 10.2. The second-order valence-corrected chi connectivity index (χ2v) is 9.88. The molecule has 0 spiro atoms. The number of rotatable bonds is 8. The van der Waals surface area contributed by atoms with Crippen molar-refractivity contribution in [1.29, 1.82) is 0 Å². The van der Waals surface area contributed by atoms with Gasteiger partial charge in [-0.2, -0.15) is 0 Å². The molecule has 1 fully saturated rings. The smallest absolute Gasteiger partial charge is 0.262 e. The SMILES string of the molecule is Cc1ccc(S(=O)(=O)Nc2ccc(Oc3ccc(C(=O)NC[C@H]4CCCO4)cn3)cc2)c(C)c1. The zero-order valence-electron chi connectivity index (χ0n) is 19.1. The Kier molecular flexibility index (Phi) is 7.14. The Morgan fingerprint density at radius 2 is 1.91 bits per heavy atom. The molecule has 2 aromatic carbocycles. The maximum absolute atomic E-state index is 12.7. The summed E-state index contributed by atoms with van der Waals surface area (Å²) in [5.74, 6) is 0.590. The summed E-state index contributed by atoms with van der Waals surface area (Å²) in [5.41, 5.74) is 2.53. The van der Waals surface area contributed by atoms with Crippen LogP contribution in [0.1, 0.15) is 34.3 Å². The van der Waals surface area contributed by atoms with E-state index in [-0.39, 0.29) is 16.9 Å². The number of anilines is 1. The van der Waals surface area contributed by atoms with Gasteiger partial charge in [0, 0.05) is 31.1 Å². The lowest BCUT2D eigenvalue weighted by molar-refractivity contribution is 0.0857. The summed E-state index contributed by atoms with van der Waals surface area (Å²) in [5, 5.41) is 2.85. The minimum atomic E-state index is -3.70. The van der Waals surface area contributed by atoms with Crippen molar-refractivity contribution in [2.24, 2.45) is 0 Å². The molecule has 0 unspecified atom stereocenters. The third-order valence-corrected chi connectivity index (χ3v) is 7.00. The molecule has 4 rings (SSSR count). The van der Waals surface area contributed by atoms with Crippen molar-refractivity contribution < 1.29 is 22.7 Å². The van der Waals surface area contributed by atoms with Crippen LogP contribution in [0.3, 0.4) is 0 Å². The molecule has 34 heavy (non-hydrogen) atoms. The van der Waals surface area contributed by atoms with E-state index in [0.717, 1.165) is 25.0 Å². The lowest BCUT2D eigenvalue weighted by Crippen LogP contribution is -2.31. The lowest BCUT2D eigenvalue weighted by Gasteiger charge is -2.12. The van der Waals surface area contributed by atoms with Crippen LogP contribution in [0.2, 0.25) is 0 Å². The summed E-state index contributed by atoms with van der Waals surface area (Å²) in [7, 11) is -3.70. The first-order chi connectivity index (χ1) is 16.3. The van der Waals surface area contributed by atoms with Gasteiger partial charge in [0.15, 0.2) is 0 Å². The lowest BCUT2D eigenvalue weighted by atomic mass is 10.2. The number of aryl methyl sites for hydroxylation is 2. The number of amides is 1. The Balaban J connectivity index is 1.34. The predicted octanol–water partition coefficient (Wildman–Crippen LogP) is 4.20. The predicted molar refractivity (Wildman–Crippen MR) is 129 cm³/mol. The van der Waals surface area contributed by atoms with Gasteiger partial charge in [0.05, 0.1) is 16.6 Å². The molecule has 3 aromatic rings. The van der Waals surface area contributed by atoms with E-state index in [1.165, 1.54) is 6.20 Å². The maximum Gasteiger partial charge on any atom is 0.262 e. The Hall–Kier alpha value is -3.43. The molecular formula is C25H27N3O5S. The average molecular weight is 482 g/mol. The molecule has 0 saturated carbocycles. The summed E-state index contributed by atoms with van der Waals surface area (Å²) in [6, 6.07) is 15.0. The Morgan fingerprint density at radius 3 is 2.56 bits per heavy atom. The topological polar surface area (TPSA) is 107 Å². The van der Waals surface area contributed by atoms with Gasteiger partial charge in [0.25, 0.3) is 15.9 Å². The molecule has 0 aliphatic carbocycles. The number of hydrogen-bond donors (Lipinski definition) is 2. The number of aromatic nitrogens is 1. The molecule has 178 valence electrons. The minimum Gasteiger partial charge on any atom is -0.439 e. The van der Waals surface area contributed by atoms with E-state index < -0.39 is 10.0 Å². The quantitative estimate of drug-likeness (QED) is 0.499. The van der Waals surface area contributed by atoms with Gasteiger partial charge in [-0.1, -0.05) is 17.7 Å². The Labute approximate surface area is 199 Å². The molecule has 1 aliphatic heterocycles. The monoisotopic (exact) mass is 481 g/mol. The zero-order valence-corrected chi connectivity index (χ0v) is 19.9. The molecule has 1 aromatic heterocycles. The van der Waals surface area contributed by atoms with E-state index >= 15 is 0 Å². The molecule has 0 radical (unpaired) electrons. The first-order valence-electron chi connectivity index (χ1n) is 11.0. The number of nitrogens with one attached hydrogen (secondary N) is 2. The zero-order chi connectivity index (χ0) is 24.1. The number of pyridine rings is 1. The summed E-state index contributed by atoms with van der Waals surface area (Å²) in [6.45, 7) is 4.91. The third kappa shape index (κ3) is 5.92. The van der Waals surface area contributed by atoms with E-state index in [9.17, 15) is 13.2 Å². The van der Waals surface area contributed by atoms with Gasteiger partial charge < -0.3 is 14.8 Å². The van der Waals surface area contributed by atoms with E-state index in [4.69, 9.17) is 9.47 Å². The van der Waals surface area contributed by atoms with Crippen LogP contribution in [0.15, 0.2) is 65.7 Å². The Morgan fingerprint density at radius 1 is 1.12 bits per heavy atom. The molecule has 9 heteroatoms. The van der Waals surface area contributed by atoms with Crippen LogP contribution in [-0.2, 0) is 14.8 Å². The molecule has 1 aliphatic rings. The fourth-order valence-electron chi connectivity index (χ4n) is 3.71. The second-order valence-electron chi connectivity index (χ2n) is 8.23. The molecule has 1 amide bonds. The van der Waals surface area contributed by atoms with Crippen molar-refractivity contribution in [3.8, 4) is 11.6 Å². The fraction of sp³-hybridized carbons (Fsp3) is 0.280. The number of sulfonamides is 1. The standard InChI is InChI=1S/C25H27N3O5S/c1-17-5-11-23(18(2)14-17)34(30,31)28-20-7-9-21(10-8-20)33-24-12-6-19(15-26-24)25(29)27-16-22-4-3-13-32-22/h5-12,14-15,22,28H,3-4,13,16H2,1-2H3,(H,27,29)/t22-/m1/s1. The normalized spacial score (nSPS) is 15.6. The molecular weight excluding hydrogens is 454 g/mol. The van der Waals surface area contributed by atoms with Gasteiger partial charge in [-0.05, 0) is 68.7 Å². The molecule has 2 heterocycles. The molecule has 1 saturated heterocycles. The highest BCUT2D eigenvalue weighted by atomic mass is 32.2.